The standard InChI is InChI=1S/C9H16FNO/c1-9(7-12)6-11(2)4-3-8(9)5-10/h5,12H,3-4,6-7H2,1-2H3/b8-5+/t9-/m0/s1. The summed E-state index contributed by atoms with van der Waals surface area (Å²) in [6.45, 7) is 3.53. The summed E-state index contributed by atoms with van der Waals surface area (Å²) in [5.74, 6) is 0. The van der Waals surface area contributed by atoms with Crippen molar-refractivity contribution in [2.45, 2.75) is 13.3 Å². The van der Waals surface area contributed by atoms with Gasteiger partial charge in [0.25, 0.3) is 0 Å². The van der Waals surface area contributed by atoms with Crippen LogP contribution in [-0.2, 0) is 0 Å². The monoisotopic (exact) mass is 173 g/mol. The Bertz CT molecular complexity index is 193. The summed E-state index contributed by atoms with van der Waals surface area (Å²) in [6.07, 6.45) is 1.38. The lowest BCUT2D eigenvalue weighted by molar-refractivity contribution is 0.102. The second-order valence-corrected chi connectivity index (χ2v) is 3.84. The first-order chi connectivity index (χ1) is 5.62. The van der Waals surface area contributed by atoms with Crippen molar-refractivity contribution in [3.05, 3.63) is 11.9 Å². The molecule has 0 radical (unpaired) electrons. The number of piperidine rings is 1. The van der Waals surface area contributed by atoms with Crippen LogP contribution in [0.5, 0.6) is 0 Å². The SMILES string of the molecule is CN1CC/C(=C\F)[C@](C)(CO)C1. The molecular formula is C9H16FNO. The molecule has 70 valence electrons. The van der Waals surface area contributed by atoms with Gasteiger partial charge in [0, 0.05) is 18.5 Å². The highest BCUT2D eigenvalue weighted by Gasteiger charge is 2.33. The molecule has 1 heterocycles. The zero-order chi connectivity index (χ0) is 9.19. The topological polar surface area (TPSA) is 23.5 Å². The molecule has 0 aromatic rings. The van der Waals surface area contributed by atoms with E-state index in [0.717, 1.165) is 25.1 Å². The van der Waals surface area contributed by atoms with E-state index in [1.165, 1.54) is 0 Å². The van der Waals surface area contributed by atoms with Gasteiger partial charge in [-0.25, -0.2) is 4.39 Å². The Balaban J connectivity index is 2.78. The Hall–Kier alpha value is -0.410. The normalized spacial score (nSPS) is 35.8. The van der Waals surface area contributed by atoms with Crippen LogP contribution < -0.4 is 0 Å². The molecule has 1 atom stereocenters. The first-order valence-electron chi connectivity index (χ1n) is 4.21. The molecule has 3 heteroatoms. The lowest BCUT2D eigenvalue weighted by Crippen LogP contribution is -2.43. The van der Waals surface area contributed by atoms with Gasteiger partial charge in [0.15, 0.2) is 0 Å². The maximum atomic E-state index is 12.4. The molecule has 1 aliphatic rings. The maximum Gasteiger partial charge on any atom is 0.0866 e. The van der Waals surface area contributed by atoms with E-state index >= 15 is 0 Å². The first kappa shape index (κ1) is 9.68. The number of hydrogen-bond acceptors (Lipinski definition) is 2. The molecule has 1 rings (SSSR count). The lowest BCUT2D eigenvalue weighted by Gasteiger charge is -2.39. The summed E-state index contributed by atoms with van der Waals surface area (Å²) in [5, 5.41) is 9.14. The van der Waals surface area contributed by atoms with E-state index in [1.54, 1.807) is 0 Å². The fourth-order valence-electron chi connectivity index (χ4n) is 1.73. The highest BCUT2D eigenvalue weighted by molar-refractivity contribution is 5.15. The smallest absolute Gasteiger partial charge is 0.0866 e. The average molecular weight is 173 g/mol. The van der Waals surface area contributed by atoms with E-state index in [2.05, 4.69) is 4.90 Å². The molecule has 0 aliphatic carbocycles. The van der Waals surface area contributed by atoms with E-state index in [4.69, 9.17) is 5.11 Å². The number of nitrogens with zero attached hydrogens (tertiary/aromatic N) is 1. The molecule has 1 fully saturated rings. The first-order valence-corrected chi connectivity index (χ1v) is 4.21. The largest absolute Gasteiger partial charge is 0.395 e. The molecule has 0 aromatic heterocycles. The molecule has 1 saturated heterocycles. The van der Waals surface area contributed by atoms with Crippen LogP contribution in [-0.4, -0.2) is 36.8 Å². The number of aliphatic hydroxyl groups excluding tert-OH is 1. The molecule has 1 N–H and O–H groups in total. The third-order valence-electron chi connectivity index (χ3n) is 2.64. The summed E-state index contributed by atoms with van der Waals surface area (Å²) in [4.78, 5) is 2.11. The van der Waals surface area contributed by atoms with Crippen molar-refractivity contribution in [3.63, 3.8) is 0 Å². The van der Waals surface area contributed by atoms with Gasteiger partial charge in [-0.15, -0.1) is 0 Å². The minimum atomic E-state index is -0.373. The third kappa shape index (κ3) is 1.67. The minimum absolute atomic E-state index is 0.0209. The lowest BCUT2D eigenvalue weighted by atomic mass is 9.79. The predicted octanol–water partition coefficient (Wildman–Crippen LogP) is 1.17. The van der Waals surface area contributed by atoms with Crippen LogP contribution in [0.2, 0.25) is 0 Å². The molecule has 0 aromatic carbocycles. The second kappa shape index (κ2) is 3.54. The van der Waals surface area contributed by atoms with Gasteiger partial charge in [-0.05, 0) is 19.0 Å². The second-order valence-electron chi connectivity index (χ2n) is 3.84. The Morgan fingerprint density at radius 3 is 2.92 bits per heavy atom. The highest BCUT2D eigenvalue weighted by Crippen LogP contribution is 2.33. The van der Waals surface area contributed by atoms with Crippen LogP contribution in [0, 0.1) is 5.41 Å². The Kier molecular flexibility index (Phi) is 2.85. The number of rotatable bonds is 1. The van der Waals surface area contributed by atoms with Crippen molar-refractivity contribution in [2.75, 3.05) is 26.7 Å². The Labute approximate surface area is 72.7 Å². The zero-order valence-corrected chi connectivity index (χ0v) is 7.68. The molecule has 0 spiro atoms. The van der Waals surface area contributed by atoms with Gasteiger partial charge in [0.2, 0.25) is 0 Å². The van der Waals surface area contributed by atoms with Crippen LogP contribution in [0.15, 0.2) is 11.9 Å². The van der Waals surface area contributed by atoms with E-state index in [0.29, 0.717) is 6.33 Å². The van der Waals surface area contributed by atoms with Crippen LogP contribution in [0.1, 0.15) is 13.3 Å². The van der Waals surface area contributed by atoms with Crippen molar-refractivity contribution >= 4 is 0 Å². The van der Waals surface area contributed by atoms with E-state index in [-0.39, 0.29) is 12.0 Å². The molecule has 0 saturated carbocycles. The fourth-order valence-corrected chi connectivity index (χ4v) is 1.73. The van der Waals surface area contributed by atoms with E-state index < -0.39 is 0 Å². The quantitative estimate of drug-likeness (QED) is 0.643. The molecule has 2 nitrogen and oxygen atoms in total. The molecule has 0 amide bonds. The summed E-state index contributed by atoms with van der Waals surface area (Å²) in [6, 6.07) is 0. The van der Waals surface area contributed by atoms with Crippen molar-refractivity contribution < 1.29 is 9.50 Å². The maximum absolute atomic E-state index is 12.4. The summed E-state index contributed by atoms with van der Waals surface area (Å²) in [5.41, 5.74) is 0.366. The minimum Gasteiger partial charge on any atom is -0.395 e. The highest BCUT2D eigenvalue weighted by atomic mass is 19.1. The fraction of sp³-hybridized carbons (Fsp3) is 0.778. The Morgan fingerprint density at radius 2 is 2.42 bits per heavy atom. The average Bonchev–Trinajstić information content (AvgIpc) is 2.05. The van der Waals surface area contributed by atoms with Crippen molar-refractivity contribution in [2.24, 2.45) is 5.41 Å². The van der Waals surface area contributed by atoms with Crippen molar-refractivity contribution in [1.82, 2.24) is 4.90 Å². The summed E-state index contributed by atoms with van der Waals surface area (Å²) < 4.78 is 12.4. The number of halogens is 1. The van der Waals surface area contributed by atoms with E-state index in [1.807, 2.05) is 14.0 Å². The van der Waals surface area contributed by atoms with Crippen LogP contribution in [0.3, 0.4) is 0 Å². The number of likely N-dealkylation sites (tertiary alicyclic amines) is 1. The van der Waals surface area contributed by atoms with Gasteiger partial charge in [-0.3, -0.25) is 0 Å². The van der Waals surface area contributed by atoms with Gasteiger partial charge in [-0.1, -0.05) is 6.92 Å². The predicted molar refractivity (Wildman–Crippen MR) is 46.5 cm³/mol. The molecule has 1 aliphatic heterocycles. The van der Waals surface area contributed by atoms with Crippen molar-refractivity contribution in [1.29, 1.82) is 0 Å². The van der Waals surface area contributed by atoms with Crippen LogP contribution >= 0.6 is 0 Å². The van der Waals surface area contributed by atoms with Crippen molar-refractivity contribution in [3.8, 4) is 0 Å². The van der Waals surface area contributed by atoms with Gasteiger partial charge >= 0.3 is 0 Å². The molecular weight excluding hydrogens is 157 g/mol. The van der Waals surface area contributed by atoms with Crippen LogP contribution in [0.4, 0.5) is 4.39 Å². The number of hydrogen-bond donors (Lipinski definition) is 1. The van der Waals surface area contributed by atoms with E-state index in [9.17, 15) is 4.39 Å². The molecule has 12 heavy (non-hydrogen) atoms. The molecule has 0 unspecified atom stereocenters. The Morgan fingerprint density at radius 1 is 1.75 bits per heavy atom. The summed E-state index contributed by atoms with van der Waals surface area (Å²) >= 11 is 0. The van der Waals surface area contributed by atoms with Gasteiger partial charge in [0.05, 0.1) is 12.9 Å². The summed E-state index contributed by atoms with van der Waals surface area (Å²) in [7, 11) is 1.99. The third-order valence-corrected chi connectivity index (χ3v) is 2.64. The van der Waals surface area contributed by atoms with Gasteiger partial charge < -0.3 is 10.0 Å². The number of aliphatic hydroxyl groups is 1. The van der Waals surface area contributed by atoms with Crippen LogP contribution in [0.25, 0.3) is 0 Å². The zero-order valence-electron chi connectivity index (χ0n) is 7.68. The van der Waals surface area contributed by atoms with Gasteiger partial charge in [0.1, 0.15) is 0 Å². The molecule has 0 bridgehead atoms. The van der Waals surface area contributed by atoms with Gasteiger partial charge in [-0.2, -0.15) is 0 Å².